The van der Waals surface area contributed by atoms with E-state index in [4.69, 9.17) is 9.47 Å². The maximum atomic E-state index is 11.4. The predicted octanol–water partition coefficient (Wildman–Crippen LogP) is 2.40. The van der Waals surface area contributed by atoms with Gasteiger partial charge in [-0.15, -0.1) is 0 Å². The molecule has 0 spiro atoms. The van der Waals surface area contributed by atoms with Crippen LogP contribution in [0.25, 0.3) is 0 Å². The van der Waals surface area contributed by atoms with Crippen molar-refractivity contribution >= 4 is 25.8 Å². The lowest BCUT2D eigenvalue weighted by Gasteiger charge is -2.13. The molecule has 0 heterocycles. The van der Waals surface area contributed by atoms with Crippen molar-refractivity contribution in [2.24, 2.45) is 0 Å². The van der Waals surface area contributed by atoms with Crippen LogP contribution >= 0.6 is 15.9 Å². The van der Waals surface area contributed by atoms with Crippen LogP contribution in [0, 0.1) is 0 Å². The zero-order chi connectivity index (χ0) is 13.6. The second-order valence-electron chi connectivity index (χ2n) is 3.67. The van der Waals surface area contributed by atoms with Crippen molar-refractivity contribution in [2.45, 2.75) is 12.3 Å². The highest BCUT2D eigenvalue weighted by Gasteiger charge is 2.12. The first-order chi connectivity index (χ1) is 8.54. The molecule has 0 unspecified atom stereocenters. The fourth-order valence-electron chi connectivity index (χ4n) is 1.41. The number of sulfone groups is 1. The van der Waals surface area contributed by atoms with Gasteiger partial charge in [-0.05, 0) is 6.07 Å². The van der Waals surface area contributed by atoms with Gasteiger partial charge in [0.25, 0.3) is 0 Å². The molecule has 0 aromatic heterocycles. The van der Waals surface area contributed by atoms with Gasteiger partial charge in [-0.25, -0.2) is 8.42 Å². The molecular formula is C12H17BrO4S. The predicted molar refractivity (Wildman–Crippen MR) is 75.4 cm³/mol. The van der Waals surface area contributed by atoms with Gasteiger partial charge in [-0.3, -0.25) is 0 Å². The minimum Gasteiger partial charge on any atom is -0.493 e. The van der Waals surface area contributed by atoms with Crippen LogP contribution in [0.15, 0.2) is 18.2 Å². The molecule has 0 atom stereocenters. The molecule has 0 aliphatic carbocycles. The van der Waals surface area contributed by atoms with Crippen molar-refractivity contribution < 1.29 is 17.9 Å². The highest BCUT2D eigenvalue weighted by atomic mass is 79.9. The van der Waals surface area contributed by atoms with Crippen molar-refractivity contribution in [3.63, 3.8) is 0 Å². The van der Waals surface area contributed by atoms with E-state index in [1.54, 1.807) is 20.1 Å². The number of halogens is 1. The van der Waals surface area contributed by atoms with Gasteiger partial charge in [0.15, 0.2) is 21.3 Å². The highest BCUT2D eigenvalue weighted by molar-refractivity contribution is 9.08. The molecule has 0 aliphatic heterocycles. The Hall–Kier alpha value is -0.750. The molecule has 0 bridgehead atoms. The van der Waals surface area contributed by atoms with E-state index in [0.29, 0.717) is 16.8 Å². The molecule has 0 radical (unpaired) electrons. The van der Waals surface area contributed by atoms with Crippen molar-refractivity contribution in [1.82, 2.24) is 0 Å². The summed E-state index contributed by atoms with van der Waals surface area (Å²) >= 11 is 3.36. The van der Waals surface area contributed by atoms with Gasteiger partial charge in [0.1, 0.15) is 6.61 Å². The normalized spacial score (nSPS) is 11.3. The molecule has 1 aromatic rings. The van der Waals surface area contributed by atoms with Crippen LogP contribution in [-0.2, 0) is 15.2 Å². The number of benzene rings is 1. The minimum absolute atomic E-state index is 0.0171. The second-order valence-corrected chi connectivity index (χ2v) is 6.70. The Labute approximate surface area is 116 Å². The first-order valence-electron chi connectivity index (χ1n) is 5.59. The summed E-state index contributed by atoms with van der Waals surface area (Å²) in [6, 6.07) is 5.56. The number of para-hydroxylation sites is 1. The molecule has 6 heteroatoms. The van der Waals surface area contributed by atoms with Gasteiger partial charge in [-0.1, -0.05) is 35.0 Å². The fourth-order valence-corrected chi connectivity index (χ4v) is 2.47. The molecule has 102 valence electrons. The lowest BCUT2D eigenvalue weighted by atomic mass is 10.2. The number of ether oxygens (including phenoxy) is 2. The summed E-state index contributed by atoms with van der Waals surface area (Å²) in [5, 5.41) is 0.625. The molecule has 1 rings (SSSR count). The molecule has 18 heavy (non-hydrogen) atoms. The van der Waals surface area contributed by atoms with Crippen molar-refractivity contribution in [3.8, 4) is 11.5 Å². The lowest BCUT2D eigenvalue weighted by Crippen LogP contribution is -2.16. The molecule has 1 aromatic carbocycles. The second kappa shape index (κ2) is 6.99. The van der Waals surface area contributed by atoms with Gasteiger partial charge < -0.3 is 9.47 Å². The van der Waals surface area contributed by atoms with E-state index in [1.807, 2.05) is 12.1 Å². The van der Waals surface area contributed by atoms with Crippen molar-refractivity contribution in [2.75, 3.05) is 25.2 Å². The molecule has 0 fully saturated rings. The molecule has 0 N–H and O–H groups in total. The Balaban J connectivity index is 2.77. The maximum absolute atomic E-state index is 11.4. The Morgan fingerprint density at radius 2 is 2.06 bits per heavy atom. The topological polar surface area (TPSA) is 52.6 Å². The largest absolute Gasteiger partial charge is 0.493 e. The van der Waals surface area contributed by atoms with Crippen molar-refractivity contribution in [1.29, 1.82) is 0 Å². The summed E-state index contributed by atoms with van der Waals surface area (Å²) in [5.74, 6) is 1.36. The van der Waals surface area contributed by atoms with E-state index in [1.165, 1.54) is 0 Å². The van der Waals surface area contributed by atoms with Crippen LogP contribution in [0.1, 0.15) is 12.5 Å². The Bertz CT molecular complexity index is 463. The van der Waals surface area contributed by atoms with E-state index in [-0.39, 0.29) is 18.1 Å². The van der Waals surface area contributed by atoms with Crippen molar-refractivity contribution in [3.05, 3.63) is 23.8 Å². The summed E-state index contributed by atoms with van der Waals surface area (Å²) in [5.41, 5.74) is 0.934. The van der Waals surface area contributed by atoms with Gasteiger partial charge in [0.2, 0.25) is 0 Å². The van der Waals surface area contributed by atoms with Crippen LogP contribution in [-0.4, -0.2) is 33.6 Å². The quantitative estimate of drug-likeness (QED) is 0.717. The third-order valence-electron chi connectivity index (χ3n) is 2.50. The Kier molecular flexibility index (Phi) is 5.95. The number of methoxy groups -OCH3 is 1. The first kappa shape index (κ1) is 15.3. The molecular weight excluding hydrogens is 320 g/mol. The molecule has 0 saturated carbocycles. The van der Waals surface area contributed by atoms with Gasteiger partial charge in [0.05, 0.1) is 12.9 Å². The van der Waals surface area contributed by atoms with E-state index >= 15 is 0 Å². The van der Waals surface area contributed by atoms with Crippen LogP contribution in [0.5, 0.6) is 11.5 Å². The van der Waals surface area contributed by atoms with Gasteiger partial charge in [-0.2, -0.15) is 0 Å². The number of hydrogen-bond donors (Lipinski definition) is 0. The van der Waals surface area contributed by atoms with Crippen LogP contribution in [0.3, 0.4) is 0 Å². The molecule has 0 amide bonds. The number of hydrogen-bond acceptors (Lipinski definition) is 4. The zero-order valence-electron chi connectivity index (χ0n) is 10.5. The number of rotatable bonds is 7. The van der Waals surface area contributed by atoms with E-state index in [9.17, 15) is 8.42 Å². The van der Waals surface area contributed by atoms with E-state index in [2.05, 4.69) is 15.9 Å². The lowest BCUT2D eigenvalue weighted by molar-refractivity contribution is 0.309. The summed E-state index contributed by atoms with van der Waals surface area (Å²) in [6.07, 6.45) is 0. The van der Waals surface area contributed by atoms with Crippen LogP contribution in [0.4, 0.5) is 0 Å². The van der Waals surface area contributed by atoms with Crippen LogP contribution in [0.2, 0.25) is 0 Å². The van der Waals surface area contributed by atoms with Gasteiger partial charge in [0, 0.05) is 16.6 Å². The third kappa shape index (κ3) is 4.17. The molecule has 0 saturated heterocycles. The van der Waals surface area contributed by atoms with E-state index < -0.39 is 9.84 Å². The smallest absolute Gasteiger partial charge is 0.165 e. The summed E-state index contributed by atoms with van der Waals surface area (Å²) < 4.78 is 33.5. The number of alkyl halides is 1. The third-order valence-corrected chi connectivity index (χ3v) is 4.78. The monoisotopic (exact) mass is 336 g/mol. The minimum atomic E-state index is -3.01. The molecule has 0 aliphatic rings. The maximum Gasteiger partial charge on any atom is 0.165 e. The summed E-state index contributed by atoms with van der Waals surface area (Å²) in [7, 11) is -1.45. The summed E-state index contributed by atoms with van der Waals surface area (Å²) in [6.45, 7) is 1.76. The summed E-state index contributed by atoms with van der Waals surface area (Å²) in [4.78, 5) is 0. The van der Waals surface area contributed by atoms with E-state index in [0.717, 1.165) is 5.56 Å². The first-order valence-corrected chi connectivity index (χ1v) is 8.53. The average molecular weight is 337 g/mol. The van der Waals surface area contributed by atoms with Crippen LogP contribution < -0.4 is 9.47 Å². The zero-order valence-corrected chi connectivity index (χ0v) is 12.9. The van der Waals surface area contributed by atoms with Gasteiger partial charge >= 0.3 is 0 Å². The highest BCUT2D eigenvalue weighted by Crippen LogP contribution is 2.32. The molecule has 4 nitrogen and oxygen atoms in total. The fraction of sp³-hybridized carbons (Fsp3) is 0.500. The average Bonchev–Trinajstić information content (AvgIpc) is 2.38. The Morgan fingerprint density at radius 3 is 2.61 bits per heavy atom. The Morgan fingerprint density at radius 1 is 1.33 bits per heavy atom. The standard InChI is InChI=1S/C12H17BrO4S/c1-3-18(14,15)8-7-17-12-10(9-13)5-4-6-11(12)16-2/h4-6H,3,7-9H2,1-2H3. The SMILES string of the molecule is CCS(=O)(=O)CCOc1c(CBr)cccc1OC.